The van der Waals surface area contributed by atoms with Gasteiger partial charge in [-0.2, -0.15) is 5.26 Å². The van der Waals surface area contributed by atoms with Gasteiger partial charge in [0.1, 0.15) is 6.61 Å². The second-order valence-electron chi connectivity index (χ2n) is 7.52. The maximum atomic E-state index is 12.7. The average Bonchev–Trinajstić information content (AvgIpc) is 2.79. The number of hydrogen-bond acceptors (Lipinski definition) is 5. The van der Waals surface area contributed by atoms with Crippen LogP contribution in [0.3, 0.4) is 0 Å². The van der Waals surface area contributed by atoms with Gasteiger partial charge in [0.05, 0.1) is 11.6 Å². The van der Waals surface area contributed by atoms with Gasteiger partial charge in [0, 0.05) is 32.6 Å². The molecule has 164 valence electrons. The van der Waals surface area contributed by atoms with Crippen LogP contribution in [0, 0.1) is 11.3 Å². The quantitative estimate of drug-likeness (QED) is 0.562. The molecule has 0 aliphatic heterocycles. The normalized spacial score (nSPS) is 10.4. The second kappa shape index (κ2) is 13.0. The largest absolute Gasteiger partial charge is 0.445 e. The molecular formula is C24H30N4O3. The van der Waals surface area contributed by atoms with Gasteiger partial charge in [0.15, 0.2) is 0 Å². The highest BCUT2D eigenvalue weighted by Crippen LogP contribution is 2.09. The zero-order chi connectivity index (χ0) is 22.5. The molecule has 7 heteroatoms. The zero-order valence-electron chi connectivity index (χ0n) is 18.2. The molecule has 0 heterocycles. The number of nitrogens with one attached hydrogen (secondary N) is 1. The van der Waals surface area contributed by atoms with Crippen molar-refractivity contribution in [3.63, 3.8) is 0 Å². The van der Waals surface area contributed by atoms with Crippen molar-refractivity contribution >= 4 is 12.0 Å². The van der Waals surface area contributed by atoms with Crippen LogP contribution in [0.25, 0.3) is 0 Å². The summed E-state index contributed by atoms with van der Waals surface area (Å²) in [5, 5.41) is 11.6. The van der Waals surface area contributed by atoms with Crippen molar-refractivity contribution in [2.24, 2.45) is 0 Å². The Bertz CT molecular complexity index is 861. The van der Waals surface area contributed by atoms with Crippen LogP contribution in [-0.2, 0) is 22.7 Å². The van der Waals surface area contributed by atoms with E-state index in [1.165, 1.54) is 0 Å². The number of ether oxygens (including phenoxy) is 1. The van der Waals surface area contributed by atoms with Gasteiger partial charge in [0.25, 0.3) is 0 Å². The Balaban J connectivity index is 1.76. The van der Waals surface area contributed by atoms with Gasteiger partial charge >= 0.3 is 6.09 Å². The number of carbonyl (C=O) groups is 2. The number of nitriles is 1. The fourth-order valence-corrected chi connectivity index (χ4v) is 2.88. The summed E-state index contributed by atoms with van der Waals surface area (Å²) in [5.41, 5.74) is 2.50. The van der Waals surface area contributed by atoms with Crippen LogP contribution >= 0.6 is 0 Å². The first-order valence-electron chi connectivity index (χ1n) is 10.3. The second-order valence-corrected chi connectivity index (χ2v) is 7.52. The van der Waals surface area contributed by atoms with Crippen molar-refractivity contribution < 1.29 is 14.3 Å². The Morgan fingerprint density at radius 3 is 2.35 bits per heavy atom. The van der Waals surface area contributed by atoms with Crippen molar-refractivity contribution in [1.82, 2.24) is 15.1 Å². The van der Waals surface area contributed by atoms with Gasteiger partial charge < -0.3 is 19.9 Å². The van der Waals surface area contributed by atoms with Crippen LogP contribution in [0.2, 0.25) is 0 Å². The monoisotopic (exact) mass is 422 g/mol. The van der Waals surface area contributed by atoms with E-state index in [4.69, 9.17) is 10.00 Å². The Hall–Kier alpha value is -3.37. The van der Waals surface area contributed by atoms with E-state index in [2.05, 4.69) is 11.4 Å². The number of hydrogen-bond donors (Lipinski definition) is 1. The minimum atomic E-state index is -0.488. The first-order valence-corrected chi connectivity index (χ1v) is 10.3. The number of benzene rings is 2. The van der Waals surface area contributed by atoms with Gasteiger partial charge in [-0.25, -0.2) is 4.79 Å². The van der Waals surface area contributed by atoms with E-state index in [0.29, 0.717) is 38.0 Å². The van der Waals surface area contributed by atoms with E-state index in [9.17, 15) is 9.59 Å². The van der Waals surface area contributed by atoms with E-state index in [-0.39, 0.29) is 12.5 Å². The number of likely N-dealkylation sites (N-methyl/N-ethyl adjacent to an activating group) is 1. The van der Waals surface area contributed by atoms with Crippen molar-refractivity contribution in [3.05, 3.63) is 71.3 Å². The smallest absolute Gasteiger partial charge is 0.407 e. The molecule has 2 aromatic carbocycles. The van der Waals surface area contributed by atoms with Crippen LogP contribution in [0.1, 0.15) is 29.5 Å². The molecule has 2 aromatic rings. The number of amides is 2. The lowest BCUT2D eigenvalue weighted by molar-refractivity contribution is -0.132. The molecular weight excluding hydrogens is 392 g/mol. The number of alkyl carbamates (subject to hydrolysis) is 1. The van der Waals surface area contributed by atoms with Gasteiger partial charge in [-0.05, 0) is 43.8 Å². The molecule has 0 fully saturated rings. The summed E-state index contributed by atoms with van der Waals surface area (Å²) < 4.78 is 5.17. The SMILES string of the molecule is CN(C)CCN(Cc1ccc(C#N)cc1)C(=O)CCCNC(=O)OCc1ccccc1. The highest BCUT2D eigenvalue weighted by molar-refractivity contribution is 5.76. The van der Waals surface area contributed by atoms with Crippen LogP contribution in [0.15, 0.2) is 54.6 Å². The van der Waals surface area contributed by atoms with Crippen molar-refractivity contribution in [1.29, 1.82) is 5.26 Å². The van der Waals surface area contributed by atoms with E-state index >= 15 is 0 Å². The Morgan fingerprint density at radius 1 is 1.00 bits per heavy atom. The lowest BCUT2D eigenvalue weighted by atomic mass is 10.1. The molecule has 2 rings (SSSR count). The van der Waals surface area contributed by atoms with E-state index in [1.54, 1.807) is 12.1 Å². The first kappa shape index (κ1) is 23.9. The topological polar surface area (TPSA) is 85.7 Å². The first-order chi connectivity index (χ1) is 15.0. The summed E-state index contributed by atoms with van der Waals surface area (Å²) in [7, 11) is 3.94. The summed E-state index contributed by atoms with van der Waals surface area (Å²) in [6.07, 6.45) is 0.381. The van der Waals surface area contributed by atoms with Gasteiger partial charge in [0.2, 0.25) is 5.91 Å². The van der Waals surface area contributed by atoms with Crippen molar-refractivity contribution in [3.8, 4) is 6.07 Å². The van der Waals surface area contributed by atoms with Crippen molar-refractivity contribution in [2.45, 2.75) is 26.0 Å². The Labute approximate surface area is 184 Å². The Kier molecular flexibility index (Phi) is 10.1. The molecule has 0 saturated carbocycles. The highest BCUT2D eigenvalue weighted by atomic mass is 16.5. The minimum absolute atomic E-state index is 0.0330. The molecule has 0 aliphatic rings. The van der Waals surface area contributed by atoms with Gasteiger partial charge in [-0.1, -0.05) is 42.5 Å². The number of carbonyl (C=O) groups excluding carboxylic acids is 2. The molecule has 0 bridgehead atoms. The summed E-state index contributed by atoms with van der Waals surface area (Å²) in [6, 6.07) is 18.8. The molecule has 0 radical (unpaired) electrons. The minimum Gasteiger partial charge on any atom is -0.445 e. The highest BCUT2D eigenvalue weighted by Gasteiger charge is 2.14. The summed E-state index contributed by atoms with van der Waals surface area (Å²) in [6.45, 7) is 2.45. The van der Waals surface area contributed by atoms with Crippen molar-refractivity contribution in [2.75, 3.05) is 33.7 Å². The van der Waals surface area contributed by atoms with E-state index < -0.39 is 6.09 Å². The lowest BCUT2D eigenvalue weighted by Gasteiger charge is -2.25. The molecule has 0 aromatic heterocycles. The molecule has 0 saturated heterocycles. The van der Waals surface area contributed by atoms with E-state index in [1.807, 2.05) is 66.4 Å². The fraction of sp³-hybridized carbons (Fsp3) is 0.375. The average molecular weight is 423 g/mol. The van der Waals surface area contributed by atoms with Crippen LogP contribution in [-0.4, -0.2) is 55.5 Å². The zero-order valence-corrected chi connectivity index (χ0v) is 18.2. The summed E-state index contributed by atoms with van der Waals surface area (Å²) in [5.74, 6) is 0.0330. The third kappa shape index (κ3) is 9.32. The third-order valence-electron chi connectivity index (χ3n) is 4.68. The molecule has 2 amide bonds. The summed E-state index contributed by atoms with van der Waals surface area (Å²) in [4.78, 5) is 28.4. The fourth-order valence-electron chi connectivity index (χ4n) is 2.88. The van der Waals surface area contributed by atoms with E-state index in [0.717, 1.165) is 17.7 Å². The molecule has 1 N–H and O–H groups in total. The molecule has 31 heavy (non-hydrogen) atoms. The molecule has 0 atom stereocenters. The summed E-state index contributed by atoms with van der Waals surface area (Å²) >= 11 is 0. The molecule has 0 spiro atoms. The number of nitrogens with zero attached hydrogens (tertiary/aromatic N) is 3. The predicted molar refractivity (Wildman–Crippen MR) is 119 cm³/mol. The standard InChI is InChI=1S/C24H30N4O3/c1-27(2)15-16-28(18-21-12-10-20(17-25)11-13-21)23(29)9-6-14-26-24(30)31-19-22-7-4-3-5-8-22/h3-5,7-8,10-13H,6,9,14-16,18-19H2,1-2H3,(H,26,30). The molecule has 7 nitrogen and oxygen atoms in total. The lowest BCUT2D eigenvalue weighted by Crippen LogP contribution is -2.36. The van der Waals surface area contributed by atoms with Gasteiger partial charge in [-0.3, -0.25) is 4.79 Å². The molecule has 0 unspecified atom stereocenters. The van der Waals surface area contributed by atoms with Crippen LogP contribution in [0.4, 0.5) is 4.79 Å². The molecule has 0 aliphatic carbocycles. The maximum absolute atomic E-state index is 12.7. The third-order valence-corrected chi connectivity index (χ3v) is 4.68. The Morgan fingerprint density at radius 2 is 1.71 bits per heavy atom. The predicted octanol–water partition coefficient (Wildman–Crippen LogP) is 3.16. The van der Waals surface area contributed by atoms with Crippen LogP contribution < -0.4 is 5.32 Å². The van der Waals surface area contributed by atoms with Gasteiger partial charge in [-0.15, -0.1) is 0 Å². The number of rotatable bonds is 11. The van der Waals surface area contributed by atoms with Crippen LogP contribution in [0.5, 0.6) is 0 Å². The maximum Gasteiger partial charge on any atom is 0.407 e.